The molecule has 0 radical (unpaired) electrons. The predicted octanol–water partition coefficient (Wildman–Crippen LogP) is -0.0154. The summed E-state index contributed by atoms with van der Waals surface area (Å²) in [5, 5.41) is 13.9. The van der Waals surface area contributed by atoms with Gasteiger partial charge in [-0.15, -0.1) is 0 Å². The van der Waals surface area contributed by atoms with Crippen LogP contribution >= 0.6 is 0 Å². The summed E-state index contributed by atoms with van der Waals surface area (Å²) in [5.41, 5.74) is 2.35. The molecule has 0 aliphatic rings. The third kappa shape index (κ3) is 6.23. The first kappa shape index (κ1) is 10.1. The highest BCUT2D eigenvalue weighted by atomic mass is 16.6. The first-order valence-corrected chi connectivity index (χ1v) is 2.81. The van der Waals surface area contributed by atoms with Gasteiger partial charge < -0.3 is 15.6 Å². The second-order valence-corrected chi connectivity index (χ2v) is 1.52. The summed E-state index contributed by atoms with van der Waals surface area (Å²) in [5.74, 6) is 5.57. The second-order valence-electron chi connectivity index (χ2n) is 1.52. The van der Waals surface area contributed by atoms with Crippen molar-refractivity contribution in [3.8, 4) is 0 Å². The maximum Gasteiger partial charge on any atom is 0.503 e. The molecule has 0 saturated carbocycles. The van der Waals surface area contributed by atoms with Crippen molar-refractivity contribution in [3.05, 3.63) is 18.6 Å². The van der Waals surface area contributed by atoms with E-state index >= 15 is 0 Å². The molecule has 1 rings (SSSR count). The molecule has 0 aromatic carbocycles. The van der Waals surface area contributed by atoms with E-state index < -0.39 is 6.16 Å². The SMILES string of the molecule is NNc1cnccn1.O=C(O)O. The zero-order valence-electron chi connectivity index (χ0n) is 6.01. The Bertz CT molecular complexity index is 223. The van der Waals surface area contributed by atoms with E-state index in [2.05, 4.69) is 15.4 Å². The Morgan fingerprint density at radius 1 is 1.50 bits per heavy atom. The number of nitrogens with two attached hydrogens (primary N) is 1. The van der Waals surface area contributed by atoms with Crippen LogP contribution in [0.4, 0.5) is 10.6 Å². The predicted molar refractivity (Wildman–Crippen MR) is 40.5 cm³/mol. The average molecular weight is 172 g/mol. The van der Waals surface area contributed by atoms with E-state index in [1.165, 1.54) is 0 Å². The summed E-state index contributed by atoms with van der Waals surface area (Å²) in [7, 11) is 0. The summed E-state index contributed by atoms with van der Waals surface area (Å²) in [4.78, 5) is 16.1. The normalized spacial score (nSPS) is 7.75. The molecule has 66 valence electrons. The number of anilines is 1. The molecule has 0 aliphatic carbocycles. The van der Waals surface area contributed by atoms with Crippen LogP contribution in [0.2, 0.25) is 0 Å². The van der Waals surface area contributed by atoms with E-state index in [9.17, 15) is 0 Å². The molecular weight excluding hydrogens is 164 g/mol. The topological polar surface area (TPSA) is 121 Å². The molecule has 0 atom stereocenters. The number of rotatable bonds is 1. The van der Waals surface area contributed by atoms with Crippen LogP contribution in [-0.2, 0) is 0 Å². The fourth-order valence-electron chi connectivity index (χ4n) is 0.374. The molecule has 1 aromatic heterocycles. The van der Waals surface area contributed by atoms with Gasteiger partial charge in [-0.3, -0.25) is 4.98 Å². The minimum absolute atomic E-state index is 0.576. The molecule has 0 amide bonds. The van der Waals surface area contributed by atoms with Gasteiger partial charge in [0.2, 0.25) is 0 Å². The van der Waals surface area contributed by atoms with Gasteiger partial charge in [0, 0.05) is 12.4 Å². The van der Waals surface area contributed by atoms with Gasteiger partial charge in [-0.1, -0.05) is 0 Å². The van der Waals surface area contributed by atoms with Crippen LogP contribution in [0.3, 0.4) is 0 Å². The van der Waals surface area contributed by atoms with E-state index in [1.807, 2.05) is 0 Å². The molecule has 7 nitrogen and oxygen atoms in total. The first-order valence-electron chi connectivity index (χ1n) is 2.81. The van der Waals surface area contributed by atoms with Gasteiger partial charge in [-0.25, -0.2) is 15.6 Å². The van der Waals surface area contributed by atoms with Crippen molar-refractivity contribution < 1.29 is 15.0 Å². The van der Waals surface area contributed by atoms with Crippen molar-refractivity contribution in [2.24, 2.45) is 5.84 Å². The van der Waals surface area contributed by atoms with Gasteiger partial charge >= 0.3 is 6.16 Å². The summed E-state index contributed by atoms with van der Waals surface area (Å²) < 4.78 is 0. The van der Waals surface area contributed by atoms with Crippen LogP contribution in [-0.4, -0.2) is 26.3 Å². The fraction of sp³-hybridized carbons (Fsp3) is 0. The highest BCUT2D eigenvalue weighted by Gasteiger charge is 1.81. The summed E-state index contributed by atoms with van der Waals surface area (Å²) in [6.45, 7) is 0. The van der Waals surface area contributed by atoms with Crippen molar-refractivity contribution in [2.75, 3.05) is 5.43 Å². The Morgan fingerprint density at radius 3 is 2.33 bits per heavy atom. The van der Waals surface area contributed by atoms with Crippen molar-refractivity contribution in [1.82, 2.24) is 9.97 Å². The molecule has 5 N–H and O–H groups in total. The van der Waals surface area contributed by atoms with Gasteiger partial charge in [0.05, 0.1) is 6.20 Å². The van der Waals surface area contributed by atoms with E-state index in [0.717, 1.165) is 0 Å². The largest absolute Gasteiger partial charge is 0.503 e. The lowest BCUT2D eigenvalue weighted by atomic mass is 10.7. The first-order chi connectivity index (χ1) is 5.66. The van der Waals surface area contributed by atoms with Crippen LogP contribution in [0.5, 0.6) is 0 Å². The molecular formula is C5H8N4O3. The van der Waals surface area contributed by atoms with Crippen molar-refractivity contribution in [3.63, 3.8) is 0 Å². The van der Waals surface area contributed by atoms with Crippen LogP contribution in [0.25, 0.3) is 0 Å². The molecule has 1 aromatic rings. The maximum absolute atomic E-state index is 8.56. The number of hydrazine groups is 1. The smallest absolute Gasteiger partial charge is 0.450 e. The number of aromatic nitrogens is 2. The van der Waals surface area contributed by atoms with Crippen LogP contribution in [0.15, 0.2) is 18.6 Å². The van der Waals surface area contributed by atoms with E-state index in [0.29, 0.717) is 5.82 Å². The van der Waals surface area contributed by atoms with Gasteiger partial charge in [0.1, 0.15) is 0 Å². The lowest BCUT2D eigenvalue weighted by molar-refractivity contribution is 0.137. The third-order valence-electron chi connectivity index (χ3n) is 0.711. The Kier molecular flexibility index (Phi) is 4.94. The summed E-state index contributed by atoms with van der Waals surface area (Å²) in [6, 6.07) is 0. The average Bonchev–Trinajstić information content (AvgIpc) is 2.05. The van der Waals surface area contributed by atoms with E-state index in [1.54, 1.807) is 18.6 Å². The minimum atomic E-state index is -1.83. The molecule has 7 heteroatoms. The molecule has 1 heterocycles. The van der Waals surface area contributed by atoms with Crippen LogP contribution in [0, 0.1) is 0 Å². The molecule has 0 spiro atoms. The highest BCUT2D eigenvalue weighted by molar-refractivity contribution is 5.53. The van der Waals surface area contributed by atoms with Gasteiger partial charge in [-0.2, -0.15) is 0 Å². The maximum atomic E-state index is 8.56. The fourth-order valence-corrected chi connectivity index (χ4v) is 0.374. The van der Waals surface area contributed by atoms with Crippen LogP contribution in [0.1, 0.15) is 0 Å². The number of hydrogen-bond acceptors (Lipinski definition) is 5. The van der Waals surface area contributed by atoms with Crippen molar-refractivity contribution in [1.29, 1.82) is 0 Å². The Labute approximate surface area is 67.9 Å². The molecule has 0 bridgehead atoms. The Morgan fingerprint density at radius 2 is 2.08 bits per heavy atom. The van der Waals surface area contributed by atoms with Gasteiger partial charge in [0.25, 0.3) is 0 Å². The molecule has 12 heavy (non-hydrogen) atoms. The minimum Gasteiger partial charge on any atom is -0.450 e. The number of nitrogens with one attached hydrogen (secondary N) is 1. The number of hydrogen-bond donors (Lipinski definition) is 4. The highest BCUT2D eigenvalue weighted by Crippen LogP contribution is 1.90. The zero-order valence-corrected chi connectivity index (χ0v) is 6.01. The lowest BCUT2D eigenvalue weighted by Crippen LogP contribution is -2.07. The lowest BCUT2D eigenvalue weighted by Gasteiger charge is -1.92. The molecule has 0 saturated heterocycles. The number of nitrogens with zero attached hydrogens (tertiary/aromatic N) is 2. The third-order valence-corrected chi connectivity index (χ3v) is 0.711. The summed E-state index contributed by atoms with van der Waals surface area (Å²) in [6.07, 6.45) is 2.86. The molecule has 0 fully saturated rings. The summed E-state index contributed by atoms with van der Waals surface area (Å²) >= 11 is 0. The van der Waals surface area contributed by atoms with Crippen molar-refractivity contribution >= 4 is 12.0 Å². The van der Waals surface area contributed by atoms with Gasteiger partial charge in [-0.05, 0) is 0 Å². The van der Waals surface area contributed by atoms with Gasteiger partial charge in [0.15, 0.2) is 5.82 Å². The quantitative estimate of drug-likeness (QED) is 0.347. The van der Waals surface area contributed by atoms with Crippen LogP contribution < -0.4 is 11.3 Å². The van der Waals surface area contributed by atoms with E-state index in [4.69, 9.17) is 20.9 Å². The zero-order chi connectivity index (χ0) is 9.40. The standard InChI is InChI=1S/C4H6N4.CH2O3/c5-8-4-3-6-1-2-7-4;2-1(3)4/h1-3H,5H2,(H,7,8);(H2,2,3,4). The second kappa shape index (κ2) is 5.86. The number of carbonyl (C=O) groups is 1. The number of carboxylic acid groups (broad SMARTS) is 2. The van der Waals surface area contributed by atoms with E-state index in [-0.39, 0.29) is 0 Å². The van der Waals surface area contributed by atoms with Crippen molar-refractivity contribution in [2.45, 2.75) is 0 Å². The monoisotopic (exact) mass is 172 g/mol. The molecule has 0 aliphatic heterocycles. The Hall–Kier alpha value is -1.89. The molecule has 0 unspecified atom stereocenters. The number of nitrogen functional groups attached to an aromatic ring is 1. The Balaban J connectivity index is 0.000000261.